The molecule has 2 heterocycles. The van der Waals surface area contributed by atoms with Crippen LogP contribution in [0, 0.1) is 5.82 Å². The maximum absolute atomic E-state index is 13.4. The number of amides is 2. The summed E-state index contributed by atoms with van der Waals surface area (Å²) in [4.78, 5) is 20.9. The lowest BCUT2D eigenvalue weighted by atomic mass is 10.2. The van der Waals surface area contributed by atoms with Gasteiger partial charge >= 0.3 is 6.03 Å². The Morgan fingerprint density at radius 1 is 0.966 bits per heavy atom. The molecule has 0 saturated heterocycles. The monoisotopic (exact) mass is 388 g/mol. The number of benzene rings is 2. The second-order valence-corrected chi connectivity index (χ2v) is 6.22. The van der Waals surface area contributed by atoms with Gasteiger partial charge in [-0.3, -0.25) is 4.98 Å². The number of fused-ring (bicyclic) bond motifs is 1. The molecule has 4 aromatic rings. The Kier molecular flexibility index (Phi) is 5.29. The average Bonchev–Trinajstić information content (AvgIpc) is 2.73. The van der Waals surface area contributed by atoms with Crippen molar-refractivity contribution < 1.29 is 13.9 Å². The number of halogens is 1. The average molecular weight is 388 g/mol. The third-order valence-electron chi connectivity index (χ3n) is 4.18. The lowest BCUT2D eigenvalue weighted by Gasteiger charge is -2.12. The van der Waals surface area contributed by atoms with Crippen molar-refractivity contribution in [1.82, 2.24) is 15.3 Å². The van der Waals surface area contributed by atoms with Crippen LogP contribution in [0.3, 0.4) is 0 Å². The van der Waals surface area contributed by atoms with Gasteiger partial charge in [0.25, 0.3) is 0 Å². The highest BCUT2D eigenvalue weighted by Crippen LogP contribution is 2.24. The van der Waals surface area contributed by atoms with E-state index < -0.39 is 5.82 Å². The van der Waals surface area contributed by atoms with Gasteiger partial charge in [-0.05, 0) is 30.3 Å². The topological polar surface area (TPSA) is 76.1 Å². The molecule has 2 amide bonds. The minimum absolute atomic E-state index is 0.183. The first-order valence-corrected chi connectivity index (χ1v) is 8.95. The fourth-order valence-corrected chi connectivity index (χ4v) is 2.84. The Morgan fingerprint density at radius 2 is 1.76 bits per heavy atom. The zero-order valence-corrected chi connectivity index (χ0v) is 15.3. The molecule has 0 fully saturated rings. The number of urea groups is 1. The van der Waals surface area contributed by atoms with Gasteiger partial charge in [-0.15, -0.1) is 0 Å². The van der Waals surface area contributed by atoms with E-state index >= 15 is 0 Å². The van der Waals surface area contributed by atoms with E-state index in [9.17, 15) is 9.18 Å². The van der Waals surface area contributed by atoms with Crippen LogP contribution in [-0.2, 0) is 6.54 Å². The van der Waals surface area contributed by atoms with Crippen LogP contribution in [0.1, 0.15) is 5.56 Å². The SMILES string of the molecule is O=C(NCc1cccnc1Oc1cccc(F)c1)Nc1cccc2cccnc12. The number of rotatable bonds is 5. The van der Waals surface area contributed by atoms with Crippen molar-refractivity contribution in [3.8, 4) is 11.6 Å². The Balaban J connectivity index is 1.44. The number of nitrogens with zero attached hydrogens (tertiary/aromatic N) is 2. The first-order chi connectivity index (χ1) is 14.2. The summed E-state index contributed by atoms with van der Waals surface area (Å²) in [6.45, 7) is 0.183. The van der Waals surface area contributed by atoms with Gasteiger partial charge in [-0.25, -0.2) is 14.2 Å². The predicted molar refractivity (Wildman–Crippen MR) is 108 cm³/mol. The van der Waals surface area contributed by atoms with E-state index in [2.05, 4.69) is 20.6 Å². The quantitative estimate of drug-likeness (QED) is 0.511. The smallest absolute Gasteiger partial charge is 0.319 e. The van der Waals surface area contributed by atoms with Crippen molar-refractivity contribution in [3.63, 3.8) is 0 Å². The van der Waals surface area contributed by atoms with E-state index in [1.165, 1.54) is 12.1 Å². The van der Waals surface area contributed by atoms with E-state index in [0.717, 1.165) is 5.39 Å². The number of aromatic nitrogens is 2. The van der Waals surface area contributed by atoms with E-state index in [0.29, 0.717) is 28.4 Å². The third kappa shape index (κ3) is 4.47. The summed E-state index contributed by atoms with van der Waals surface area (Å²) in [5.74, 6) is 0.225. The Morgan fingerprint density at radius 3 is 2.66 bits per heavy atom. The number of nitrogens with one attached hydrogen (secondary N) is 2. The molecule has 0 aliphatic heterocycles. The van der Waals surface area contributed by atoms with Crippen molar-refractivity contribution in [1.29, 1.82) is 0 Å². The molecule has 29 heavy (non-hydrogen) atoms. The summed E-state index contributed by atoms with van der Waals surface area (Å²) in [5.41, 5.74) is 1.98. The molecular weight excluding hydrogens is 371 g/mol. The summed E-state index contributed by atoms with van der Waals surface area (Å²) < 4.78 is 19.0. The van der Waals surface area contributed by atoms with Crippen LogP contribution in [0.5, 0.6) is 11.6 Å². The maximum Gasteiger partial charge on any atom is 0.319 e. The fourth-order valence-electron chi connectivity index (χ4n) is 2.84. The van der Waals surface area contributed by atoms with Gasteiger partial charge in [-0.2, -0.15) is 0 Å². The third-order valence-corrected chi connectivity index (χ3v) is 4.18. The van der Waals surface area contributed by atoms with Crippen LogP contribution in [0.25, 0.3) is 10.9 Å². The Bertz CT molecular complexity index is 1160. The highest BCUT2D eigenvalue weighted by Gasteiger charge is 2.10. The van der Waals surface area contributed by atoms with E-state index in [-0.39, 0.29) is 12.6 Å². The highest BCUT2D eigenvalue weighted by molar-refractivity contribution is 5.99. The molecule has 2 aromatic heterocycles. The van der Waals surface area contributed by atoms with E-state index in [1.54, 1.807) is 42.7 Å². The number of carbonyl (C=O) groups excluding carboxylic acids is 1. The molecule has 2 aromatic carbocycles. The standard InChI is InChI=1S/C22H17FN4O2/c23-17-8-2-9-18(13-17)29-21-16(7-4-12-25-21)14-26-22(28)27-19-10-1-5-15-6-3-11-24-20(15)19/h1-13H,14H2,(H2,26,27,28). The zero-order chi connectivity index (χ0) is 20.1. The van der Waals surface area contributed by atoms with Gasteiger partial charge in [0.2, 0.25) is 5.88 Å². The Hall–Kier alpha value is -4.00. The van der Waals surface area contributed by atoms with Crippen LogP contribution in [0.15, 0.2) is 79.1 Å². The number of carbonyl (C=O) groups is 1. The summed E-state index contributed by atoms with van der Waals surface area (Å²) in [7, 11) is 0. The molecule has 6 nitrogen and oxygen atoms in total. The number of pyridine rings is 2. The first-order valence-electron chi connectivity index (χ1n) is 8.95. The molecule has 0 aliphatic rings. The van der Waals surface area contributed by atoms with Crippen molar-refractivity contribution in [3.05, 3.63) is 90.5 Å². The first kappa shape index (κ1) is 18.4. The molecule has 144 valence electrons. The summed E-state index contributed by atoms with van der Waals surface area (Å²) in [5, 5.41) is 6.52. The van der Waals surface area contributed by atoms with E-state index in [1.807, 2.05) is 24.3 Å². The molecule has 2 N–H and O–H groups in total. The Labute approximate surface area is 166 Å². The molecule has 0 radical (unpaired) electrons. The molecule has 0 atom stereocenters. The van der Waals surface area contributed by atoms with Crippen LogP contribution in [-0.4, -0.2) is 16.0 Å². The fraction of sp³-hybridized carbons (Fsp3) is 0.0455. The molecule has 0 saturated carbocycles. The second kappa shape index (κ2) is 8.35. The molecule has 7 heteroatoms. The number of hydrogen-bond acceptors (Lipinski definition) is 4. The number of para-hydroxylation sites is 1. The lowest BCUT2D eigenvalue weighted by Crippen LogP contribution is -2.28. The van der Waals surface area contributed by atoms with Gasteiger partial charge in [0.05, 0.1) is 11.2 Å². The number of hydrogen-bond donors (Lipinski definition) is 2. The van der Waals surface area contributed by atoms with Gasteiger partial charge in [-0.1, -0.05) is 30.3 Å². The number of ether oxygens (including phenoxy) is 1. The number of anilines is 1. The van der Waals surface area contributed by atoms with Gasteiger partial charge < -0.3 is 15.4 Å². The lowest BCUT2D eigenvalue weighted by molar-refractivity contribution is 0.251. The van der Waals surface area contributed by atoms with Crippen LogP contribution in [0.4, 0.5) is 14.9 Å². The maximum atomic E-state index is 13.4. The molecule has 0 unspecified atom stereocenters. The predicted octanol–water partition coefficient (Wildman–Crippen LogP) is 4.88. The molecule has 0 bridgehead atoms. The van der Waals surface area contributed by atoms with Crippen molar-refractivity contribution in [2.24, 2.45) is 0 Å². The molecule has 0 spiro atoms. The van der Waals surface area contributed by atoms with Crippen molar-refractivity contribution >= 4 is 22.6 Å². The zero-order valence-electron chi connectivity index (χ0n) is 15.3. The van der Waals surface area contributed by atoms with E-state index in [4.69, 9.17) is 4.74 Å². The molecular formula is C22H17FN4O2. The van der Waals surface area contributed by atoms with Crippen molar-refractivity contribution in [2.75, 3.05) is 5.32 Å². The van der Waals surface area contributed by atoms with Crippen LogP contribution in [0.2, 0.25) is 0 Å². The second-order valence-electron chi connectivity index (χ2n) is 6.22. The summed E-state index contributed by atoms with van der Waals surface area (Å²) >= 11 is 0. The van der Waals surface area contributed by atoms with Gasteiger partial charge in [0.1, 0.15) is 11.6 Å². The van der Waals surface area contributed by atoms with Crippen LogP contribution >= 0.6 is 0 Å². The summed E-state index contributed by atoms with van der Waals surface area (Å²) in [6.07, 6.45) is 3.25. The molecule has 4 rings (SSSR count). The highest BCUT2D eigenvalue weighted by atomic mass is 19.1. The van der Waals surface area contributed by atoms with Gasteiger partial charge in [0.15, 0.2) is 0 Å². The van der Waals surface area contributed by atoms with Gasteiger partial charge in [0, 0.05) is 36.0 Å². The molecule has 0 aliphatic carbocycles. The van der Waals surface area contributed by atoms with Crippen LogP contribution < -0.4 is 15.4 Å². The van der Waals surface area contributed by atoms with Crippen molar-refractivity contribution in [2.45, 2.75) is 6.54 Å². The minimum Gasteiger partial charge on any atom is -0.439 e. The normalized spacial score (nSPS) is 10.5. The summed E-state index contributed by atoms with van der Waals surface area (Å²) in [6, 6.07) is 18.3. The minimum atomic E-state index is -0.402. The largest absolute Gasteiger partial charge is 0.439 e.